The Bertz CT molecular complexity index is 845. The molecule has 2 aromatic carbocycles. The number of methoxy groups -OCH3 is 2. The summed E-state index contributed by atoms with van der Waals surface area (Å²) in [6, 6.07) is 13.2. The quantitative estimate of drug-likeness (QED) is 0.752. The van der Waals surface area contributed by atoms with Crippen molar-refractivity contribution in [2.75, 3.05) is 38.8 Å². The number of amides is 1. The van der Waals surface area contributed by atoms with E-state index >= 15 is 0 Å². The van der Waals surface area contributed by atoms with Gasteiger partial charge in [-0.1, -0.05) is 18.2 Å². The molecule has 0 unspecified atom stereocenters. The van der Waals surface area contributed by atoms with Crippen LogP contribution in [0, 0.1) is 0 Å². The van der Waals surface area contributed by atoms with Gasteiger partial charge in [0.05, 0.1) is 20.8 Å². The van der Waals surface area contributed by atoms with E-state index in [9.17, 15) is 14.7 Å². The van der Waals surface area contributed by atoms with E-state index in [-0.39, 0.29) is 25.5 Å². The molecule has 0 spiro atoms. The maximum absolute atomic E-state index is 12.9. The van der Waals surface area contributed by atoms with Gasteiger partial charge < -0.3 is 24.4 Å². The van der Waals surface area contributed by atoms with Crippen molar-refractivity contribution >= 4 is 17.6 Å². The zero-order chi connectivity index (χ0) is 20.1. The first-order valence-corrected chi connectivity index (χ1v) is 9.04. The summed E-state index contributed by atoms with van der Waals surface area (Å²) < 4.78 is 10.5. The number of para-hydroxylation sites is 1. The third-order valence-corrected chi connectivity index (χ3v) is 4.77. The first kappa shape index (κ1) is 19.5. The average molecular weight is 384 g/mol. The molecular weight excluding hydrogens is 360 g/mol. The lowest BCUT2D eigenvalue weighted by Crippen LogP contribution is -2.42. The molecule has 7 heteroatoms. The van der Waals surface area contributed by atoms with E-state index in [4.69, 9.17) is 9.47 Å². The molecule has 7 nitrogen and oxygen atoms in total. The van der Waals surface area contributed by atoms with Crippen LogP contribution in [0.3, 0.4) is 0 Å². The number of carboxylic acids is 1. The molecule has 0 aromatic heterocycles. The van der Waals surface area contributed by atoms with Crippen LogP contribution in [0.5, 0.6) is 11.5 Å². The van der Waals surface area contributed by atoms with Crippen molar-refractivity contribution in [2.45, 2.75) is 13.0 Å². The standard InChI is InChI=1S/C21H24N2O5/c1-27-17-9-15(10-18(11-17)28-2)12-23(14-21(25)26)20(24)13-22-8-7-16-5-3-4-6-19(16)22/h3-6,9-11H,7-8,12-14H2,1-2H3,(H,25,26). The summed E-state index contributed by atoms with van der Waals surface area (Å²) >= 11 is 0. The second-order valence-electron chi connectivity index (χ2n) is 6.66. The Morgan fingerprint density at radius 1 is 1.11 bits per heavy atom. The Labute approximate surface area is 164 Å². The Morgan fingerprint density at radius 2 is 1.79 bits per heavy atom. The number of carbonyl (C=O) groups is 2. The highest BCUT2D eigenvalue weighted by atomic mass is 16.5. The Kier molecular flexibility index (Phi) is 6.03. The van der Waals surface area contributed by atoms with E-state index in [1.807, 2.05) is 23.1 Å². The topological polar surface area (TPSA) is 79.3 Å². The van der Waals surface area contributed by atoms with Crippen molar-refractivity contribution in [3.63, 3.8) is 0 Å². The lowest BCUT2D eigenvalue weighted by molar-refractivity contribution is -0.144. The highest BCUT2D eigenvalue weighted by molar-refractivity contribution is 5.85. The number of rotatable bonds is 8. The zero-order valence-corrected chi connectivity index (χ0v) is 16.1. The number of anilines is 1. The number of carboxylic acid groups (broad SMARTS) is 1. The lowest BCUT2D eigenvalue weighted by Gasteiger charge is -2.26. The molecule has 0 bridgehead atoms. The fraction of sp³-hybridized carbons (Fsp3) is 0.333. The smallest absolute Gasteiger partial charge is 0.323 e. The van der Waals surface area contributed by atoms with Crippen LogP contribution in [0.4, 0.5) is 5.69 Å². The molecule has 1 amide bonds. The summed E-state index contributed by atoms with van der Waals surface area (Å²) in [5.41, 5.74) is 2.99. The number of fused-ring (bicyclic) bond motifs is 1. The largest absolute Gasteiger partial charge is 0.497 e. The highest BCUT2D eigenvalue weighted by Crippen LogP contribution is 2.27. The Hall–Kier alpha value is -3.22. The van der Waals surface area contributed by atoms with Gasteiger partial charge in [-0.2, -0.15) is 0 Å². The average Bonchev–Trinajstić information content (AvgIpc) is 3.09. The van der Waals surface area contributed by atoms with Crippen LogP contribution in [0.15, 0.2) is 42.5 Å². The van der Waals surface area contributed by atoms with Gasteiger partial charge in [0, 0.05) is 24.8 Å². The molecule has 148 valence electrons. The molecule has 0 radical (unpaired) electrons. The molecule has 2 aromatic rings. The zero-order valence-electron chi connectivity index (χ0n) is 16.1. The Morgan fingerprint density at radius 3 is 2.43 bits per heavy atom. The minimum Gasteiger partial charge on any atom is -0.497 e. The minimum absolute atomic E-state index is 0.144. The summed E-state index contributed by atoms with van der Waals surface area (Å²) in [5, 5.41) is 9.27. The monoisotopic (exact) mass is 384 g/mol. The fourth-order valence-corrected chi connectivity index (χ4v) is 3.41. The maximum Gasteiger partial charge on any atom is 0.323 e. The number of benzene rings is 2. The number of nitrogens with zero attached hydrogens (tertiary/aromatic N) is 2. The van der Waals surface area contributed by atoms with Crippen molar-refractivity contribution in [3.05, 3.63) is 53.6 Å². The van der Waals surface area contributed by atoms with Crippen LogP contribution < -0.4 is 14.4 Å². The van der Waals surface area contributed by atoms with Crippen molar-refractivity contribution in [2.24, 2.45) is 0 Å². The van der Waals surface area contributed by atoms with Gasteiger partial charge in [-0.15, -0.1) is 0 Å². The number of hydrogen-bond donors (Lipinski definition) is 1. The van der Waals surface area contributed by atoms with E-state index in [0.29, 0.717) is 11.5 Å². The van der Waals surface area contributed by atoms with Gasteiger partial charge in [-0.3, -0.25) is 9.59 Å². The molecule has 1 heterocycles. The molecule has 0 saturated carbocycles. The molecule has 1 aliphatic rings. The van der Waals surface area contributed by atoms with Gasteiger partial charge in [0.1, 0.15) is 18.0 Å². The van der Waals surface area contributed by atoms with Crippen LogP contribution in [-0.4, -0.2) is 55.7 Å². The SMILES string of the molecule is COc1cc(CN(CC(=O)O)C(=O)CN2CCc3ccccc32)cc(OC)c1. The molecule has 0 atom stereocenters. The molecule has 0 saturated heterocycles. The third kappa shape index (κ3) is 4.54. The van der Waals surface area contributed by atoms with Crippen LogP contribution >= 0.6 is 0 Å². The van der Waals surface area contributed by atoms with Crippen LogP contribution in [0.25, 0.3) is 0 Å². The predicted octanol–water partition coefficient (Wildman–Crippen LogP) is 2.18. The van der Waals surface area contributed by atoms with Crippen LogP contribution in [-0.2, 0) is 22.6 Å². The highest BCUT2D eigenvalue weighted by Gasteiger charge is 2.24. The first-order valence-electron chi connectivity index (χ1n) is 9.04. The van der Waals surface area contributed by atoms with E-state index < -0.39 is 5.97 Å². The van der Waals surface area contributed by atoms with Gasteiger partial charge >= 0.3 is 5.97 Å². The molecule has 28 heavy (non-hydrogen) atoms. The number of hydrogen-bond acceptors (Lipinski definition) is 5. The summed E-state index contributed by atoms with van der Waals surface area (Å²) in [6.45, 7) is 0.687. The van der Waals surface area contributed by atoms with Gasteiger partial charge in [0.2, 0.25) is 5.91 Å². The lowest BCUT2D eigenvalue weighted by atomic mass is 10.1. The molecule has 1 N–H and O–H groups in total. The fourth-order valence-electron chi connectivity index (χ4n) is 3.41. The second-order valence-corrected chi connectivity index (χ2v) is 6.66. The summed E-state index contributed by atoms with van der Waals surface area (Å²) in [7, 11) is 3.09. The summed E-state index contributed by atoms with van der Waals surface area (Å²) in [6.07, 6.45) is 0.884. The van der Waals surface area contributed by atoms with Crippen molar-refractivity contribution in [3.8, 4) is 11.5 Å². The van der Waals surface area contributed by atoms with Crippen LogP contribution in [0.2, 0.25) is 0 Å². The van der Waals surface area contributed by atoms with Gasteiger partial charge in [-0.25, -0.2) is 0 Å². The predicted molar refractivity (Wildman–Crippen MR) is 105 cm³/mol. The van der Waals surface area contributed by atoms with Gasteiger partial charge in [0.15, 0.2) is 0 Å². The van der Waals surface area contributed by atoms with Gasteiger partial charge in [0.25, 0.3) is 0 Å². The maximum atomic E-state index is 12.9. The molecule has 0 fully saturated rings. The third-order valence-electron chi connectivity index (χ3n) is 4.77. The summed E-state index contributed by atoms with van der Waals surface area (Å²) in [5.74, 6) is -0.109. The van der Waals surface area contributed by atoms with E-state index in [1.54, 1.807) is 32.4 Å². The summed E-state index contributed by atoms with van der Waals surface area (Å²) in [4.78, 5) is 27.6. The normalized spacial score (nSPS) is 12.4. The number of carbonyl (C=O) groups excluding carboxylic acids is 1. The van der Waals surface area contributed by atoms with Crippen molar-refractivity contribution in [1.82, 2.24) is 4.90 Å². The minimum atomic E-state index is -1.05. The molecule has 0 aliphatic carbocycles. The van der Waals surface area contributed by atoms with Crippen molar-refractivity contribution in [1.29, 1.82) is 0 Å². The van der Waals surface area contributed by atoms with Gasteiger partial charge in [-0.05, 0) is 35.7 Å². The number of aliphatic carboxylic acids is 1. The Balaban J connectivity index is 1.77. The molecule has 1 aliphatic heterocycles. The molecular formula is C21H24N2O5. The van der Waals surface area contributed by atoms with E-state index in [0.717, 1.165) is 24.2 Å². The second kappa shape index (κ2) is 8.65. The molecule has 3 rings (SSSR count). The van der Waals surface area contributed by atoms with Crippen molar-refractivity contribution < 1.29 is 24.2 Å². The number of ether oxygens (including phenoxy) is 2. The van der Waals surface area contributed by atoms with Crippen LogP contribution in [0.1, 0.15) is 11.1 Å². The van der Waals surface area contributed by atoms with E-state index in [2.05, 4.69) is 6.07 Å². The first-order chi connectivity index (χ1) is 13.5. The van der Waals surface area contributed by atoms with E-state index in [1.165, 1.54) is 10.5 Å².